The number of H-pyrrole nitrogens is 1. The topological polar surface area (TPSA) is 44.8 Å². The zero-order chi connectivity index (χ0) is 17.6. The Balaban J connectivity index is 1.83. The van der Waals surface area contributed by atoms with Gasteiger partial charge in [-0.25, -0.2) is 4.39 Å². The number of hydrogen-bond donors (Lipinski definition) is 1. The molecule has 0 spiro atoms. The monoisotopic (exact) mass is 338 g/mol. The van der Waals surface area contributed by atoms with Crippen molar-refractivity contribution in [2.45, 2.75) is 39.4 Å². The summed E-state index contributed by atoms with van der Waals surface area (Å²) >= 11 is 0. The zero-order valence-corrected chi connectivity index (χ0v) is 14.6. The number of nitrogens with zero attached hydrogens (tertiary/aromatic N) is 3. The van der Waals surface area contributed by atoms with Gasteiger partial charge in [0.05, 0.1) is 11.9 Å². The lowest BCUT2D eigenvalue weighted by molar-refractivity contribution is 0.186. The van der Waals surface area contributed by atoms with E-state index in [9.17, 15) is 4.39 Å². The summed E-state index contributed by atoms with van der Waals surface area (Å²) in [5, 5.41) is 7.26. The number of hydrogen-bond acceptors (Lipinski definition) is 3. The summed E-state index contributed by atoms with van der Waals surface area (Å²) in [7, 11) is 0. The number of pyridine rings is 1. The normalized spacial score (nSPS) is 12.5. The Bertz CT molecular complexity index is 783. The van der Waals surface area contributed by atoms with E-state index in [-0.39, 0.29) is 5.82 Å². The minimum atomic E-state index is -0.234. The summed E-state index contributed by atoms with van der Waals surface area (Å²) in [4.78, 5) is 6.62. The summed E-state index contributed by atoms with van der Waals surface area (Å²) in [6.45, 7) is 6.02. The average molecular weight is 338 g/mol. The van der Waals surface area contributed by atoms with Crippen LogP contribution in [0.4, 0.5) is 4.39 Å². The fourth-order valence-corrected chi connectivity index (χ4v) is 2.87. The maximum Gasteiger partial charge on any atom is 0.123 e. The minimum Gasteiger partial charge on any atom is -0.292 e. The molecular formula is C20H23FN4. The van der Waals surface area contributed by atoms with E-state index in [1.165, 1.54) is 17.7 Å². The maximum atomic E-state index is 13.2. The van der Waals surface area contributed by atoms with Gasteiger partial charge in [-0.1, -0.05) is 13.0 Å². The first-order valence-electron chi connectivity index (χ1n) is 8.58. The van der Waals surface area contributed by atoms with E-state index >= 15 is 0 Å². The molecule has 4 nitrogen and oxygen atoms in total. The van der Waals surface area contributed by atoms with Crippen LogP contribution in [0.15, 0.2) is 55.0 Å². The second-order valence-electron chi connectivity index (χ2n) is 6.30. The maximum absolute atomic E-state index is 13.2. The predicted molar refractivity (Wildman–Crippen MR) is 97.2 cm³/mol. The fraction of sp³-hybridized carbons (Fsp3) is 0.300. The van der Waals surface area contributed by atoms with Crippen molar-refractivity contribution in [1.82, 2.24) is 20.1 Å². The van der Waals surface area contributed by atoms with Crippen molar-refractivity contribution < 1.29 is 4.39 Å². The molecule has 0 amide bonds. The largest absolute Gasteiger partial charge is 0.292 e. The molecule has 1 atom stereocenters. The first-order chi connectivity index (χ1) is 12.2. The molecule has 3 rings (SSSR count). The van der Waals surface area contributed by atoms with Crippen molar-refractivity contribution in [3.8, 4) is 11.3 Å². The first kappa shape index (κ1) is 17.3. The molecule has 2 aromatic heterocycles. The smallest absolute Gasteiger partial charge is 0.123 e. The van der Waals surface area contributed by atoms with E-state index in [1.807, 2.05) is 18.5 Å². The Morgan fingerprint density at radius 3 is 2.60 bits per heavy atom. The van der Waals surface area contributed by atoms with Gasteiger partial charge in [0.25, 0.3) is 0 Å². The van der Waals surface area contributed by atoms with Crippen molar-refractivity contribution in [3.63, 3.8) is 0 Å². The highest BCUT2D eigenvalue weighted by atomic mass is 19.1. The molecule has 2 heterocycles. The second kappa shape index (κ2) is 8.03. The van der Waals surface area contributed by atoms with Gasteiger partial charge in [-0.15, -0.1) is 0 Å². The number of halogens is 1. The van der Waals surface area contributed by atoms with Crippen molar-refractivity contribution in [2.24, 2.45) is 0 Å². The minimum absolute atomic E-state index is 0.234. The van der Waals surface area contributed by atoms with Crippen LogP contribution in [-0.2, 0) is 13.1 Å². The third-order valence-corrected chi connectivity index (χ3v) is 4.55. The Kier molecular flexibility index (Phi) is 5.56. The van der Waals surface area contributed by atoms with Crippen molar-refractivity contribution in [2.75, 3.05) is 0 Å². The molecule has 0 aliphatic carbocycles. The van der Waals surface area contributed by atoms with Crippen LogP contribution in [0.1, 0.15) is 31.4 Å². The molecule has 0 saturated carbocycles. The third-order valence-electron chi connectivity index (χ3n) is 4.55. The number of benzene rings is 1. The molecule has 0 aliphatic rings. The van der Waals surface area contributed by atoms with Crippen LogP contribution in [0.25, 0.3) is 11.3 Å². The molecule has 0 saturated heterocycles. The molecule has 3 aromatic rings. The number of aromatic nitrogens is 3. The average Bonchev–Trinajstić information content (AvgIpc) is 3.10. The van der Waals surface area contributed by atoms with Crippen LogP contribution >= 0.6 is 0 Å². The molecule has 0 fully saturated rings. The van der Waals surface area contributed by atoms with Gasteiger partial charge in [0.1, 0.15) is 5.82 Å². The Morgan fingerprint density at radius 1 is 1.12 bits per heavy atom. The number of nitrogens with one attached hydrogen (secondary N) is 1. The lowest BCUT2D eigenvalue weighted by Crippen LogP contribution is -2.31. The summed E-state index contributed by atoms with van der Waals surface area (Å²) in [5.41, 5.74) is 4.18. The van der Waals surface area contributed by atoms with Gasteiger partial charge in [0, 0.05) is 42.7 Å². The molecule has 1 aromatic carbocycles. The van der Waals surface area contributed by atoms with Crippen LogP contribution in [-0.4, -0.2) is 26.1 Å². The Morgan fingerprint density at radius 2 is 1.92 bits per heavy atom. The molecule has 1 unspecified atom stereocenters. The van der Waals surface area contributed by atoms with Crippen molar-refractivity contribution in [1.29, 1.82) is 0 Å². The standard InChI is InChI=1S/C20H23FN4/c1-3-15(2)25(13-16-5-4-10-22-11-16)14-18-12-23-24-20(18)17-6-8-19(21)9-7-17/h4-12,15H,3,13-14H2,1-2H3,(H,23,24). The highest BCUT2D eigenvalue weighted by molar-refractivity contribution is 5.62. The van der Waals surface area contributed by atoms with Gasteiger partial charge in [-0.2, -0.15) is 5.10 Å². The Hall–Kier alpha value is -2.53. The van der Waals surface area contributed by atoms with Crippen LogP contribution in [0.2, 0.25) is 0 Å². The van der Waals surface area contributed by atoms with Gasteiger partial charge < -0.3 is 0 Å². The van der Waals surface area contributed by atoms with Gasteiger partial charge >= 0.3 is 0 Å². The van der Waals surface area contributed by atoms with E-state index < -0.39 is 0 Å². The van der Waals surface area contributed by atoms with Crippen LogP contribution in [0, 0.1) is 5.82 Å². The Labute approximate surface area is 147 Å². The zero-order valence-electron chi connectivity index (χ0n) is 14.6. The van der Waals surface area contributed by atoms with E-state index in [2.05, 4.69) is 40.0 Å². The van der Waals surface area contributed by atoms with E-state index in [1.54, 1.807) is 18.3 Å². The fourth-order valence-electron chi connectivity index (χ4n) is 2.87. The quantitative estimate of drug-likeness (QED) is 0.694. The SMILES string of the molecule is CCC(C)N(Cc1cccnc1)Cc1cn[nH]c1-c1ccc(F)cc1. The lowest BCUT2D eigenvalue weighted by atomic mass is 10.1. The third kappa shape index (κ3) is 4.31. The number of aromatic amines is 1. The van der Waals surface area contributed by atoms with Crippen LogP contribution < -0.4 is 0 Å². The summed E-state index contributed by atoms with van der Waals surface area (Å²) in [5.74, 6) is -0.234. The number of rotatable bonds is 7. The van der Waals surface area contributed by atoms with Gasteiger partial charge in [0.2, 0.25) is 0 Å². The van der Waals surface area contributed by atoms with Crippen molar-refractivity contribution >= 4 is 0 Å². The van der Waals surface area contributed by atoms with E-state index in [0.29, 0.717) is 6.04 Å². The molecule has 0 radical (unpaired) electrons. The second-order valence-corrected chi connectivity index (χ2v) is 6.30. The van der Waals surface area contributed by atoms with Gasteiger partial charge in [0.15, 0.2) is 0 Å². The van der Waals surface area contributed by atoms with Gasteiger partial charge in [-0.05, 0) is 49.2 Å². The summed E-state index contributed by atoms with van der Waals surface area (Å²) in [6, 6.07) is 11.0. The molecule has 1 N–H and O–H groups in total. The van der Waals surface area contributed by atoms with Crippen molar-refractivity contribution in [3.05, 3.63) is 71.9 Å². The molecule has 0 bridgehead atoms. The predicted octanol–water partition coefficient (Wildman–Crippen LogP) is 4.41. The van der Waals surface area contributed by atoms with E-state index in [4.69, 9.17) is 0 Å². The molecular weight excluding hydrogens is 315 g/mol. The lowest BCUT2D eigenvalue weighted by Gasteiger charge is -2.28. The van der Waals surface area contributed by atoms with Crippen LogP contribution in [0.5, 0.6) is 0 Å². The molecule has 0 aliphatic heterocycles. The first-order valence-corrected chi connectivity index (χ1v) is 8.58. The van der Waals surface area contributed by atoms with Crippen LogP contribution in [0.3, 0.4) is 0 Å². The molecule has 130 valence electrons. The molecule has 25 heavy (non-hydrogen) atoms. The molecule has 5 heteroatoms. The van der Waals surface area contributed by atoms with E-state index in [0.717, 1.165) is 36.3 Å². The summed E-state index contributed by atoms with van der Waals surface area (Å²) in [6.07, 6.45) is 6.62. The van der Waals surface area contributed by atoms with Gasteiger partial charge in [-0.3, -0.25) is 15.0 Å². The summed E-state index contributed by atoms with van der Waals surface area (Å²) < 4.78 is 13.2. The highest BCUT2D eigenvalue weighted by Gasteiger charge is 2.17. The highest BCUT2D eigenvalue weighted by Crippen LogP contribution is 2.24.